The molecule has 0 unspecified atom stereocenters. The van der Waals surface area contributed by atoms with Crippen molar-refractivity contribution in [2.45, 2.75) is 19.1 Å². The predicted octanol–water partition coefficient (Wildman–Crippen LogP) is 1.47. The van der Waals surface area contributed by atoms with Gasteiger partial charge in [-0.3, -0.25) is 0 Å². The van der Waals surface area contributed by atoms with E-state index < -0.39 is 6.10 Å². The van der Waals surface area contributed by atoms with Gasteiger partial charge in [0, 0.05) is 12.6 Å². The highest BCUT2D eigenvalue weighted by molar-refractivity contribution is 5.37. The summed E-state index contributed by atoms with van der Waals surface area (Å²) in [5.41, 5.74) is 1.75. The third-order valence-electron chi connectivity index (χ3n) is 3.71. The molecule has 0 aliphatic carbocycles. The fraction of sp³-hybridized carbons (Fsp3) is 0.368. The Bertz CT molecular complexity index is 645. The Labute approximate surface area is 147 Å². The van der Waals surface area contributed by atoms with Crippen LogP contribution in [0, 0.1) is 0 Å². The van der Waals surface area contributed by atoms with Crippen LogP contribution in [0.25, 0.3) is 0 Å². The minimum absolute atomic E-state index is 0.0219. The molecular formula is C19H25NO5. The molecule has 1 atom stereocenters. The molecule has 0 fully saturated rings. The lowest BCUT2D eigenvalue weighted by Crippen LogP contribution is -2.32. The van der Waals surface area contributed by atoms with Crippen LogP contribution in [0.4, 0.5) is 0 Å². The van der Waals surface area contributed by atoms with Gasteiger partial charge < -0.3 is 30.1 Å². The number of benzene rings is 2. The second-order valence-corrected chi connectivity index (χ2v) is 5.76. The van der Waals surface area contributed by atoms with Crippen molar-refractivity contribution in [2.75, 3.05) is 26.8 Å². The average molecular weight is 347 g/mol. The Morgan fingerprint density at radius 1 is 1.04 bits per heavy atom. The predicted molar refractivity (Wildman–Crippen MR) is 95.1 cm³/mol. The zero-order chi connectivity index (χ0) is 18.1. The molecule has 2 aromatic rings. The zero-order valence-corrected chi connectivity index (χ0v) is 14.3. The fourth-order valence-corrected chi connectivity index (χ4v) is 2.36. The average Bonchev–Trinajstić information content (AvgIpc) is 2.63. The topological polar surface area (TPSA) is 91.2 Å². The van der Waals surface area contributed by atoms with Gasteiger partial charge in [-0.25, -0.2) is 0 Å². The maximum absolute atomic E-state index is 9.96. The van der Waals surface area contributed by atoms with Crippen LogP contribution >= 0.6 is 0 Å². The van der Waals surface area contributed by atoms with Gasteiger partial charge in [0.25, 0.3) is 0 Å². The summed E-state index contributed by atoms with van der Waals surface area (Å²) in [5.74, 6) is 1.27. The number of hydrogen-bond donors (Lipinski definition) is 4. The molecule has 6 heteroatoms. The van der Waals surface area contributed by atoms with E-state index in [0.717, 1.165) is 18.7 Å². The summed E-state index contributed by atoms with van der Waals surface area (Å²) in [5, 5.41) is 31.8. The molecule has 0 bridgehead atoms. The summed E-state index contributed by atoms with van der Waals surface area (Å²) in [6.45, 7) is 1.07. The number of ether oxygens (including phenoxy) is 2. The van der Waals surface area contributed by atoms with Crippen molar-refractivity contribution in [3.8, 4) is 17.2 Å². The van der Waals surface area contributed by atoms with Crippen LogP contribution in [0.1, 0.15) is 11.1 Å². The highest BCUT2D eigenvalue weighted by Gasteiger charge is 2.07. The number of aliphatic hydroxyl groups excluding tert-OH is 2. The van der Waals surface area contributed by atoms with Crippen LogP contribution in [0.3, 0.4) is 0 Å². The molecule has 0 spiro atoms. The van der Waals surface area contributed by atoms with E-state index in [-0.39, 0.29) is 19.0 Å². The van der Waals surface area contributed by atoms with Gasteiger partial charge in [0.05, 0.1) is 13.7 Å². The van der Waals surface area contributed by atoms with Crippen molar-refractivity contribution >= 4 is 0 Å². The monoisotopic (exact) mass is 347 g/mol. The number of nitrogens with one attached hydrogen (secondary N) is 1. The number of methoxy groups -OCH3 is 1. The molecule has 0 saturated heterocycles. The summed E-state index contributed by atoms with van der Waals surface area (Å²) in [4.78, 5) is 0. The summed E-state index contributed by atoms with van der Waals surface area (Å²) in [6.07, 6.45) is 0.181. The first-order chi connectivity index (χ1) is 12.1. The quantitative estimate of drug-likeness (QED) is 0.487. The SMILES string of the molecule is COc1ccc(CCNC[C@@H](O)COc2cc(O)cc(CO)c2)cc1. The zero-order valence-electron chi connectivity index (χ0n) is 14.3. The van der Waals surface area contributed by atoms with Crippen LogP contribution < -0.4 is 14.8 Å². The molecular weight excluding hydrogens is 322 g/mol. The molecule has 0 heterocycles. The second-order valence-electron chi connectivity index (χ2n) is 5.76. The van der Waals surface area contributed by atoms with Crippen LogP contribution in [0.5, 0.6) is 17.2 Å². The van der Waals surface area contributed by atoms with Crippen molar-refractivity contribution in [1.82, 2.24) is 5.32 Å². The van der Waals surface area contributed by atoms with E-state index in [9.17, 15) is 10.2 Å². The Balaban J connectivity index is 1.66. The highest BCUT2D eigenvalue weighted by atomic mass is 16.5. The minimum Gasteiger partial charge on any atom is -0.508 e. The van der Waals surface area contributed by atoms with E-state index in [0.29, 0.717) is 17.9 Å². The Kier molecular flexibility index (Phi) is 7.53. The van der Waals surface area contributed by atoms with Gasteiger partial charge in [-0.05, 0) is 48.4 Å². The number of phenolic OH excluding ortho intramolecular Hbond substituents is 1. The lowest BCUT2D eigenvalue weighted by Gasteiger charge is -2.14. The van der Waals surface area contributed by atoms with E-state index in [2.05, 4.69) is 5.32 Å². The molecule has 2 aromatic carbocycles. The first kappa shape index (κ1) is 19.1. The number of phenols is 1. The normalized spacial score (nSPS) is 12.0. The van der Waals surface area contributed by atoms with Gasteiger partial charge in [-0.1, -0.05) is 12.1 Å². The van der Waals surface area contributed by atoms with Gasteiger partial charge in [0.2, 0.25) is 0 Å². The number of hydrogen-bond acceptors (Lipinski definition) is 6. The molecule has 25 heavy (non-hydrogen) atoms. The number of aliphatic hydroxyl groups is 2. The molecule has 0 radical (unpaired) electrons. The number of rotatable bonds is 10. The van der Waals surface area contributed by atoms with Crippen LogP contribution in [0.15, 0.2) is 42.5 Å². The molecule has 0 amide bonds. The van der Waals surface area contributed by atoms with Crippen molar-refractivity contribution in [1.29, 1.82) is 0 Å². The van der Waals surface area contributed by atoms with E-state index in [4.69, 9.17) is 14.6 Å². The lowest BCUT2D eigenvalue weighted by atomic mass is 10.1. The third kappa shape index (κ3) is 6.62. The van der Waals surface area contributed by atoms with Gasteiger partial charge in [0.15, 0.2) is 0 Å². The number of aromatic hydroxyl groups is 1. The van der Waals surface area contributed by atoms with Crippen molar-refractivity contribution in [3.63, 3.8) is 0 Å². The van der Waals surface area contributed by atoms with Gasteiger partial charge in [0.1, 0.15) is 30.0 Å². The fourth-order valence-electron chi connectivity index (χ4n) is 2.36. The molecule has 0 aliphatic heterocycles. The molecule has 0 aliphatic rings. The maximum Gasteiger partial charge on any atom is 0.123 e. The standard InChI is InChI=1S/C19H25NO5/c1-24-18-4-2-14(3-5-18)6-7-20-11-17(23)13-25-19-9-15(12-21)8-16(22)10-19/h2-5,8-10,17,20-23H,6-7,11-13H2,1H3/t17-/m1/s1. The molecule has 2 rings (SSSR count). The summed E-state index contributed by atoms with van der Waals surface area (Å²) >= 11 is 0. The third-order valence-corrected chi connectivity index (χ3v) is 3.71. The summed E-state index contributed by atoms with van der Waals surface area (Å²) in [6, 6.07) is 12.4. The molecule has 4 N–H and O–H groups in total. The summed E-state index contributed by atoms with van der Waals surface area (Å²) < 4.78 is 10.6. The van der Waals surface area contributed by atoms with E-state index in [1.807, 2.05) is 24.3 Å². The molecule has 0 aromatic heterocycles. The Morgan fingerprint density at radius 3 is 2.48 bits per heavy atom. The lowest BCUT2D eigenvalue weighted by molar-refractivity contribution is 0.106. The first-order valence-corrected chi connectivity index (χ1v) is 8.19. The highest BCUT2D eigenvalue weighted by Crippen LogP contribution is 2.21. The van der Waals surface area contributed by atoms with Crippen molar-refractivity contribution in [2.24, 2.45) is 0 Å². The van der Waals surface area contributed by atoms with Crippen molar-refractivity contribution < 1.29 is 24.8 Å². The van der Waals surface area contributed by atoms with Gasteiger partial charge in [-0.2, -0.15) is 0 Å². The van der Waals surface area contributed by atoms with Gasteiger partial charge >= 0.3 is 0 Å². The Hall–Kier alpha value is -2.28. The molecule has 6 nitrogen and oxygen atoms in total. The van der Waals surface area contributed by atoms with Crippen molar-refractivity contribution in [3.05, 3.63) is 53.6 Å². The molecule has 0 saturated carbocycles. The van der Waals surface area contributed by atoms with E-state index in [1.54, 1.807) is 13.2 Å². The van der Waals surface area contributed by atoms with E-state index >= 15 is 0 Å². The first-order valence-electron chi connectivity index (χ1n) is 8.19. The molecule has 136 valence electrons. The van der Waals surface area contributed by atoms with E-state index in [1.165, 1.54) is 17.7 Å². The smallest absolute Gasteiger partial charge is 0.123 e. The van der Waals surface area contributed by atoms with Crippen LogP contribution in [0.2, 0.25) is 0 Å². The van der Waals surface area contributed by atoms with Crippen LogP contribution in [-0.4, -0.2) is 48.2 Å². The minimum atomic E-state index is -0.671. The largest absolute Gasteiger partial charge is 0.508 e. The maximum atomic E-state index is 9.96. The summed E-state index contributed by atoms with van der Waals surface area (Å²) in [7, 11) is 1.64. The Morgan fingerprint density at radius 2 is 1.80 bits per heavy atom. The van der Waals surface area contributed by atoms with Crippen LogP contribution in [-0.2, 0) is 13.0 Å². The second kappa shape index (κ2) is 9.88. The van der Waals surface area contributed by atoms with Gasteiger partial charge in [-0.15, -0.1) is 0 Å².